The largest absolute Gasteiger partial charge is 0.497 e. The van der Waals surface area contributed by atoms with Gasteiger partial charge < -0.3 is 14.8 Å². The van der Waals surface area contributed by atoms with Crippen LogP contribution < -0.4 is 14.8 Å². The van der Waals surface area contributed by atoms with E-state index in [4.69, 9.17) is 4.74 Å². The highest BCUT2D eigenvalue weighted by Gasteiger charge is 2.19. The molecule has 0 saturated carbocycles. The molecule has 0 saturated heterocycles. The van der Waals surface area contributed by atoms with E-state index < -0.39 is 6.61 Å². The fourth-order valence-corrected chi connectivity index (χ4v) is 3.22. The molecule has 0 aliphatic carbocycles. The number of nitrogens with one attached hydrogen (secondary N) is 1. The Morgan fingerprint density at radius 3 is 2.34 bits per heavy atom. The number of carbonyl (C=O) groups is 1. The van der Waals surface area contributed by atoms with E-state index in [0.29, 0.717) is 6.54 Å². The van der Waals surface area contributed by atoms with Crippen LogP contribution in [0.5, 0.6) is 11.5 Å². The van der Waals surface area contributed by atoms with Gasteiger partial charge in [-0.05, 0) is 48.5 Å². The zero-order valence-electron chi connectivity index (χ0n) is 17.0. The Balaban J connectivity index is 2.01. The Labute approximate surface area is 170 Å². The zero-order chi connectivity index (χ0) is 21.2. The minimum atomic E-state index is -2.86. The molecule has 29 heavy (non-hydrogen) atoms. The third-order valence-electron chi connectivity index (χ3n) is 4.74. The summed E-state index contributed by atoms with van der Waals surface area (Å²) >= 11 is 0. The van der Waals surface area contributed by atoms with Gasteiger partial charge in [0.05, 0.1) is 19.6 Å². The first-order valence-corrected chi connectivity index (χ1v) is 9.65. The fourth-order valence-electron chi connectivity index (χ4n) is 3.22. The highest BCUT2D eigenvalue weighted by Crippen LogP contribution is 2.24. The lowest BCUT2D eigenvalue weighted by Crippen LogP contribution is -2.38. The second-order valence-corrected chi connectivity index (χ2v) is 6.52. The van der Waals surface area contributed by atoms with Gasteiger partial charge in [0.1, 0.15) is 11.5 Å². The second kappa shape index (κ2) is 11.4. The van der Waals surface area contributed by atoms with Gasteiger partial charge in [0.2, 0.25) is 5.91 Å². The van der Waals surface area contributed by atoms with Gasteiger partial charge in [-0.2, -0.15) is 8.78 Å². The summed E-state index contributed by atoms with van der Waals surface area (Å²) < 4.78 is 34.1. The first kappa shape index (κ1) is 22.6. The molecule has 2 rings (SSSR count). The summed E-state index contributed by atoms with van der Waals surface area (Å²) in [4.78, 5) is 14.7. The standard InChI is InChI=1S/C22H28F2N2O3/c1-4-26(5-2)20(17-7-6-8-19(14-17)28-3)15-25-21(27)13-16-9-11-18(12-10-16)29-22(23)24/h6-12,14,20,22H,4-5,13,15H2,1-3H3,(H,25,27). The maximum atomic E-state index is 12.4. The van der Waals surface area contributed by atoms with Crippen molar-refractivity contribution in [1.82, 2.24) is 10.2 Å². The Morgan fingerprint density at radius 1 is 1.07 bits per heavy atom. The van der Waals surface area contributed by atoms with Crippen LogP contribution in [-0.4, -0.2) is 44.2 Å². The third-order valence-corrected chi connectivity index (χ3v) is 4.74. The molecule has 5 nitrogen and oxygen atoms in total. The van der Waals surface area contributed by atoms with Crippen LogP contribution in [-0.2, 0) is 11.2 Å². The summed E-state index contributed by atoms with van der Waals surface area (Å²) in [6.45, 7) is 3.46. The summed E-state index contributed by atoms with van der Waals surface area (Å²) in [5.74, 6) is 0.716. The lowest BCUT2D eigenvalue weighted by molar-refractivity contribution is -0.120. The quantitative estimate of drug-likeness (QED) is 0.612. The minimum absolute atomic E-state index is 0.0193. The van der Waals surface area contributed by atoms with Crippen LogP contribution in [0, 0.1) is 0 Å². The molecule has 1 atom stereocenters. The number of hydrogen-bond donors (Lipinski definition) is 1. The SMILES string of the molecule is CCN(CC)C(CNC(=O)Cc1ccc(OC(F)F)cc1)c1cccc(OC)c1. The number of ether oxygens (including phenoxy) is 2. The number of rotatable bonds is 11. The summed E-state index contributed by atoms with van der Waals surface area (Å²) in [6, 6.07) is 14.0. The smallest absolute Gasteiger partial charge is 0.387 e. The van der Waals surface area contributed by atoms with Crippen molar-refractivity contribution in [1.29, 1.82) is 0 Å². The number of carbonyl (C=O) groups excluding carboxylic acids is 1. The Hall–Kier alpha value is -2.67. The molecule has 0 bridgehead atoms. The Kier molecular flexibility index (Phi) is 8.86. The number of alkyl halides is 2. The first-order chi connectivity index (χ1) is 14.0. The van der Waals surface area contributed by atoms with E-state index in [9.17, 15) is 13.6 Å². The summed E-state index contributed by atoms with van der Waals surface area (Å²) in [7, 11) is 1.63. The predicted molar refractivity (Wildman–Crippen MR) is 108 cm³/mol. The van der Waals surface area contributed by atoms with Crippen LogP contribution in [0.2, 0.25) is 0 Å². The van der Waals surface area contributed by atoms with E-state index in [1.54, 1.807) is 19.2 Å². The van der Waals surface area contributed by atoms with Crippen LogP contribution in [0.4, 0.5) is 8.78 Å². The van der Waals surface area contributed by atoms with E-state index in [1.165, 1.54) is 12.1 Å². The van der Waals surface area contributed by atoms with Crippen molar-refractivity contribution in [3.8, 4) is 11.5 Å². The normalized spacial score (nSPS) is 12.1. The Morgan fingerprint density at radius 2 is 1.76 bits per heavy atom. The van der Waals surface area contributed by atoms with Crippen molar-refractivity contribution in [3.63, 3.8) is 0 Å². The van der Waals surface area contributed by atoms with Crippen molar-refractivity contribution in [2.24, 2.45) is 0 Å². The molecule has 0 aromatic heterocycles. The minimum Gasteiger partial charge on any atom is -0.497 e. The van der Waals surface area contributed by atoms with Gasteiger partial charge in [-0.15, -0.1) is 0 Å². The zero-order valence-corrected chi connectivity index (χ0v) is 17.0. The number of likely N-dealkylation sites (N-methyl/N-ethyl adjacent to an activating group) is 1. The predicted octanol–water partition coefficient (Wildman–Crippen LogP) is 4.04. The van der Waals surface area contributed by atoms with E-state index in [1.807, 2.05) is 24.3 Å². The highest BCUT2D eigenvalue weighted by atomic mass is 19.3. The lowest BCUT2D eigenvalue weighted by Gasteiger charge is -2.30. The molecule has 158 valence electrons. The molecule has 0 aliphatic heterocycles. The van der Waals surface area contributed by atoms with Crippen LogP contribution in [0.1, 0.15) is 31.0 Å². The van der Waals surface area contributed by atoms with Gasteiger partial charge in [-0.3, -0.25) is 9.69 Å². The summed E-state index contributed by atoms with van der Waals surface area (Å²) in [5, 5.41) is 2.99. The number of nitrogens with zero attached hydrogens (tertiary/aromatic N) is 1. The maximum Gasteiger partial charge on any atom is 0.387 e. The molecule has 0 aliphatic rings. The highest BCUT2D eigenvalue weighted by molar-refractivity contribution is 5.78. The monoisotopic (exact) mass is 406 g/mol. The van der Waals surface area contributed by atoms with Crippen LogP contribution in [0.15, 0.2) is 48.5 Å². The van der Waals surface area contributed by atoms with Gasteiger partial charge in [-0.1, -0.05) is 38.1 Å². The second-order valence-electron chi connectivity index (χ2n) is 6.52. The molecule has 0 spiro atoms. The fraction of sp³-hybridized carbons (Fsp3) is 0.409. The van der Waals surface area contributed by atoms with Crippen LogP contribution in [0.3, 0.4) is 0 Å². The molecule has 0 radical (unpaired) electrons. The molecule has 1 unspecified atom stereocenters. The van der Waals surface area contributed by atoms with Gasteiger partial charge in [-0.25, -0.2) is 0 Å². The van der Waals surface area contributed by atoms with Gasteiger partial charge in [0.15, 0.2) is 0 Å². The topological polar surface area (TPSA) is 50.8 Å². The van der Waals surface area contributed by atoms with Crippen molar-refractivity contribution in [3.05, 3.63) is 59.7 Å². The average Bonchev–Trinajstić information content (AvgIpc) is 2.72. The number of hydrogen-bond acceptors (Lipinski definition) is 4. The van der Waals surface area contributed by atoms with E-state index >= 15 is 0 Å². The van der Waals surface area contributed by atoms with Gasteiger partial charge >= 0.3 is 6.61 Å². The number of methoxy groups -OCH3 is 1. The van der Waals surface area contributed by atoms with Crippen molar-refractivity contribution < 1.29 is 23.0 Å². The first-order valence-electron chi connectivity index (χ1n) is 9.65. The third kappa shape index (κ3) is 7.02. The molecule has 0 heterocycles. The van der Waals surface area contributed by atoms with Crippen molar-refractivity contribution >= 4 is 5.91 Å². The summed E-state index contributed by atoms with van der Waals surface area (Å²) in [6.07, 6.45) is 0.165. The molecule has 1 N–H and O–H groups in total. The van der Waals surface area contributed by atoms with Gasteiger partial charge in [0.25, 0.3) is 0 Å². The van der Waals surface area contributed by atoms with Crippen molar-refractivity contribution in [2.45, 2.75) is 32.9 Å². The molecule has 1 amide bonds. The molecule has 0 fully saturated rings. The Bertz CT molecular complexity index is 765. The van der Waals surface area contributed by atoms with Crippen LogP contribution >= 0.6 is 0 Å². The van der Waals surface area contributed by atoms with E-state index in [-0.39, 0.29) is 24.1 Å². The maximum absolute atomic E-state index is 12.4. The molecule has 2 aromatic rings. The average molecular weight is 406 g/mol. The molecule has 7 heteroatoms. The molecule has 2 aromatic carbocycles. The van der Waals surface area contributed by atoms with Gasteiger partial charge in [0, 0.05) is 6.54 Å². The molecular weight excluding hydrogens is 378 g/mol. The number of amides is 1. The summed E-state index contributed by atoms with van der Waals surface area (Å²) in [5.41, 5.74) is 1.80. The lowest BCUT2D eigenvalue weighted by atomic mass is 10.0. The van der Waals surface area contributed by atoms with E-state index in [2.05, 4.69) is 28.8 Å². The van der Waals surface area contributed by atoms with Crippen LogP contribution in [0.25, 0.3) is 0 Å². The number of benzene rings is 2. The van der Waals surface area contributed by atoms with Crippen molar-refractivity contribution in [2.75, 3.05) is 26.7 Å². The van der Waals surface area contributed by atoms with E-state index in [0.717, 1.165) is 30.0 Å². The number of halogens is 2. The molecular formula is C22H28F2N2O3.